The number of nitrogen functional groups attached to an aromatic ring is 1. The number of amides is 3. The van der Waals surface area contributed by atoms with Gasteiger partial charge < -0.3 is 11.5 Å². The van der Waals surface area contributed by atoms with Crippen molar-refractivity contribution < 1.29 is 9.59 Å². The first-order chi connectivity index (χ1) is 9.02. The molecule has 0 bridgehead atoms. The molecule has 2 rings (SSSR count). The Morgan fingerprint density at radius 1 is 1.53 bits per heavy atom. The average molecular weight is 258 g/mol. The van der Waals surface area contributed by atoms with Crippen LogP contribution >= 0.6 is 0 Å². The highest BCUT2D eigenvalue weighted by atomic mass is 16.2. The van der Waals surface area contributed by atoms with Crippen LogP contribution in [-0.2, 0) is 11.2 Å². The number of primary amides is 1. The number of nitrogens with zero attached hydrogens (tertiary/aromatic N) is 2. The van der Waals surface area contributed by atoms with Crippen LogP contribution in [0.15, 0.2) is 18.2 Å². The summed E-state index contributed by atoms with van der Waals surface area (Å²) in [4.78, 5) is 24.0. The first-order valence-electron chi connectivity index (χ1n) is 5.92. The van der Waals surface area contributed by atoms with Crippen LogP contribution in [0.5, 0.6) is 0 Å². The zero-order chi connectivity index (χ0) is 14.0. The Labute approximate surface area is 110 Å². The molecule has 6 heteroatoms. The van der Waals surface area contributed by atoms with E-state index in [-0.39, 0.29) is 11.8 Å². The largest absolute Gasteiger partial charge is 0.398 e. The minimum absolute atomic E-state index is 0.247. The van der Waals surface area contributed by atoms with Crippen LogP contribution in [0.4, 0.5) is 10.5 Å². The van der Waals surface area contributed by atoms with Gasteiger partial charge in [-0.2, -0.15) is 5.26 Å². The SMILES string of the molecule is N#Cc1cc(CC2CCN(C(N)=O)C2=O)ccc1N. The molecule has 1 fully saturated rings. The molecular weight excluding hydrogens is 244 g/mol. The number of hydrogen-bond acceptors (Lipinski definition) is 4. The Morgan fingerprint density at radius 3 is 2.84 bits per heavy atom. The summed E-state index contributed by atoms with van der Waals surface area (Å²) in [5.41, 5.74) is 12.4. The van der Waals surface area contributed by atoms with Gasteiger partial charge in [-0.05, 0) is 30.5 Å². The molecule has 1 heterocycles. The monoisotopic (exact) mass is 258 g/mol. The van der Waals surface area contributed by atoms with E-state index in [1.807, 2.05) is 6.07 Å². The molecule has 1 aromatic rings. The quantitative estimate of drug-likeness (QED) is 0.756. The van der Waals surface area contributed by atoms with Crippen molar-refractivity contribution in [2.75, 3.05) is 12.3 Å². The van der Waals surface area contributed by atoms with E-state index in [9.17, 15) is 9.59 Å². The normalized spacial score (nSPS) is 18.4. The van der Waals surface area contributed by atoms with E-state index in [0.717, 1.165) is 10.5 Å². The maximum Gasteiger partial charge on any atom is 0.321 e. The number of anilines is 1. The summed E-state index contributed by atoms with van der Waals surface area (Å²) in [6.07, 6.45) is 1.08. The minimum atomic E-state index is -0.706. The Balaban J connectivity index is 2.13. The second-order valence-electron chi connectivity index (χ2n) is 4.55. The van der Waals surface area contributed by atoms with Gasteiger partial charge in [0, 0.05) is 18.2 Å². The van der Waals surface area contributed by atoms with Gasteiger partial charge in [0.15, 0.2) is 0 Å². The zero-order valence-electron chi connectivity index (χ0n) is 10.3. The average Bonchev–Trinajstić information content (AvgIpc) is 2.73. The lowest BCUT2D eigenvalue weighted by Crippen LogP contribution is -2.38. The van der Waals surface area contributed by atoms with E-state index >= 15 is 0 Å². The summed E-state index contributed by atoms with van der Waals surface area (Å²) in [7, 11) is 0. The lowest BCUT2D eigenvalue weighted by Gasteiger charge is -2.12. The standard InChI is InChI=1S/C13H14N4O2/c14-7-10-6-8(1-2-11(10)15)5-9-3-4-17(12(9)18)13(16)19/h1-2,6,9H,3-5,15H2,(H2,16,19). The molecule has 3 amide bonds. The highest BCUT2D eigenvalue weighted by molar-refractivity contribution is 5.96. The number of carbonyl (C=O) groups excluding carboxylic acids is 2. The van der Waals surface area contributed by atoms with Crippen molar-refractivity contribution in [3.8, 4) is 6.07 Å². The van der Waals surface area contributed by atoms with Gasteiger partial charge in [0.25, 0.3) is 0 Å². The van der Waals surface area contributed by atoms with Gasteiger partial charge in [0.1, 0.15) is 6.07 Å². The molecule has 0 saturated carbocycles. The summed E-state index contributed by atoms with van der Waals surface area (Å²) in [6, 6.07) is 6.41. The summed E-state index contributed by atoms with van der Waals surface area (Å²) >= 11 is 0. The number of benzene rings is 1. The Morgan fingerprint density at radius 2 is 2.26 bits per heavy atom. The highest BCUT2D eigenvalue weighted by Gasteiger charge is 2.34. The van der Waals surface area contributed by atoms with E-state index in [2.05, 4.69) is 0 Å². The zero-order valence-corrected chi connectivity index (χ0v) is 10.3. The first kappa shape index (κ1) is 12.9. The predicted octanol–water partition coefficient (Wildman–Crippen LogP) is 0.610. The van der Waals surface area contributed by atoms with Crippen LogP contribution in [-0.4, -0.2) is 23.4 Å². The van der Waals surface area contributed by atoms with Crippen LogP contribution < -0.4 is 11.5 Å². The van der Waals surface area contributed by atoms with Crippen LogP contribution in [0.2, 0.25) is 0 Å². The Kier molecular flexibility index (Phi) is 3.38. The molecule has 1 saturated heterocycles. The number of hydrogen-bond donors (Lipinski definition) is 2. The van der Waals surface area contributed by atoms with Gasteiger partial charge in [-0.1, -0.05) is 6.07 Å². The third-order valence-corrected chi connectivity index (χ3v) is 3.30. The van der Waals surface area contributed by atoms with Crippen molar-refractivity contribution in [2.24, 2.45) is 11.7 Å². The number of urea groups is 1. The van der Waals surface area contributed by atoms with Crippen LogP contribution in [0.3, 0.4) is 0 Å². The van der Waals surface area contributed by atoms with Gasteiger partial charge in [0.05, 0.1) is 5.56 Å². The molecule has 1 unspecified atom stereocenters. The molecule has 6 nitrogen and oxygen atoms in total. The molecule has 1 aliphatic rings. The van der Waals surface area contributed by atoms with E-state index in [0.29, 0.717) is 30.6 Å². The van der Waals surface area contributed by atoms with Gasteiger partial charge in [-0.25, -0.2) is 4.79 Å². The molecule has 0 radical (unpaired) electrons. The number of nitrogens with two attached hydrogens (primary N) is 2. The molecular formula is C13H14N4O2. The van der Waals surface area contributed by atoms with E-state index in [1.54, 1.807) is 18.2 Å². The van der Waals surface area contributed by atoms with Crippen molar-refractivity contribution in [3.05, 3.63) is 29.3 Å². The van der Waals surface area contributed by atoms with Crippen molar-refractivity contribution in [3.63, 3.8) is 0 Å². The molecule has 0 aromatic heterocycles. The summed E-state index contributed by atoms with van der Waals surface area (Å²) in [6.45, 7) is 0.360. The third-order valence-electron chi connectivity index (χ3n) is 3.30. The highest BCUT2D eigenvalue weighted by Crippen LogP contribution is 2.23. The summed E-state index contributed by atoms with van der Waals surface area (Å²) < 4.78 is 0. The van der Waals surface area contributed by atoms with E-state index in [4.69, 9.17) is 16.7 Å². The van der Waals surface area contributed by atoms with Gasteiger partial charge in [-0.15, -0.1) is 0 Å². The van der Waals surface area contributed by atoms with Crippen LogP contribution in [0.1, 0.15) is 17.5 Å². The summed E-state index contributed by atoms with van der Waals surface area (Å²) in [5.74, 6) is -0.509. The van der Waals surface area contributed by atoms with Gasteiger partial charge in [0.2, 0.25) is 5.91 Å². The molecule has 0 spiro atoms. The van der Waals surface area contributed by atoms with Gasteiger partial charge in [-0.3, -0.25) is 9.69 Å². The smallest absolute Gasteiger partial charge is 0.321 e. The number of nitriles is 1. The number of carbonyl (C=O) groups is 2. The van der Waals surface area contributed by atoms with Crippen molar-refractivity contribution >= 4 is 17.6 Å². The van der Waals surface area contributed by atoms with Crippen molar-refractivity contribution in [2.45, 2.75) is 12.8 Å². The van der Waals surface area contributed by atoms with Crippen LogP contribution in [0, 0.1) is 17.2 Å². The molecule has 19 heavy (non-hydrogen) atoms. The lowest BCUT2D eigenvalue weighted by molar-refractivity contribution is -0.128. The lowest BCUT2D eigenvalue weighted by atomic mass is 9.96. The molecule has 1 atom stereocenters. The fourth-order valence-corrected chi connectivity index (χ4v) is 2.26. The maximum absolute atomic E-state index is 11.9. The fourth-order valence-electron chi connectivity index (χ4n) is 2.26. The second kappa shape index (κ2) is 4.98. The Bertz CT molecular complexity index is 576. The number of rotatable bonds is 2. The third kappa shape index (κ3) is 2.50. The number of imide groups is 1. The van der Waals surface area contributed by atoms with Crippen molar-refractivity contribution in [1.29, 1.82) is 5.26 Å². The Hall–Kier alpha value is -2.55. The van der Waals surface area contributed by atoms with E-state index < -0.39 is 6.03 Å². The minimum Gasteiger partial charge on any atom is -0.398 e. The predicted molar refractivity (Wildman–Crippen MR) is 68.7 cm³/mol. The topological polar surface area (TPSA) is 113 Å². The number of likely N-dealkylation sites (tertiary alicyclic amines) is 1. The molecule has 0 aliphatic carbocycles. The maximum atomic E-state index is 11.9. The molecule has 1 aliphatic heterocycles. The van der Waals surface area contributed by atoms with Crippen molar-refractivity contribution in [1.82, 2.24) is 4.90 Å². The molecule has 1 aromatic carbocycles. The first-order valence-corrected chi connectivity index (χ1v) is 5.92. The summed E-state index contributed by atoms with van der Waals surface area (Å²) in [5, 5.41) is 8.90. The van der Waals surface area contributed by atoms with E-state index in [1.165, 1.54) is 0 Å². The second-order valence-corrected chi connectivity index (χ2v) is 4.55. The van der Waals surface area contributed by atoms with Crippen LogP contribution in [0.25, 0.3) is 0 Å². The fraction of sp³-hybridized carbons (Fsp3) is 0.308. The molecule has 4 N–H and O–H groups in total. The van der Waals surface area contributed by atoms with Gasteiger partial charge >= 0.3 is 6.03 Å². The molecule has 98 valence electrons.